The smallest absolute Gasteiger partial charge is 0.150 e. The predicted molar refractivity (Wildman–Crippen MR) is 99.5 cm³/mol. The first kappa shape index (κ1) is 21.5. The highest BCUT2D eigenvalue weighted by molar-refractivity contribution is 6.45. The molecule has 0 N–H and O–H groups in total. The molecule has 2 heterocycles. The molecule has 26 heavy (non-hydrogen) atoms. The van der Waals surface area contributed by atoms with E-state index < -0.39 is 0 Å². The number of ether oxygens (including phenoxy) is 4. The van der Waals surface area contributed by atoms with Gasteiger partial charge >= 0.3 is 0 Å². The molecule has 0 spiro atoms. The monoisotopic (exact) mass is 423 g/mol. The zero-order valence-corrected chi connectivity index (χ0v) is 16.4. The van der Waals surface area contributed by atoms with Crippen molar-refractivity contribution in [1.29, 1.82) is 5.26 Å². The van der Waals surface area contributed by atoms with Crippen molar-refractivity contribution in [1.82, 2.24) is 4.98 Å². The molecule has 0 amide bonds. The van der Waals surface area contributed by atoms with E-state index in [9.17, 15) is 0 Å². The summed E-state index contributed by atoms with van der Waals surface area (Å²) in [5.41, 5.74) is 0.0576. The minimum Gasteiger partial charge on any atom is -0.377 e. The van der Waals surface area contributed by atoms with Gasteiger partial charge in [0.25, 0.3) is 0 Å². The molecular formula is C16H20Cl3N3O4. The molecule has 0 radical (unpaired) electrons. The standard InChI is InChI=1S/C16H20Cl3N3O4/c17-13-12(11-20)15(19)21-16(14(13)18)22-1-3-23-5-7-25-9-10-26-8-6-24-4-2-22/h1-10H2. The van der Waals surface area contributed by atoms with E-state index in [1.807, 2.05) is 11.0 Å². The molecule has 1 aromatic rings. The van der Waals surface area contributed by atoms with Crippen LogP contribution < -0.4 is 4.90 Å². The second-order valence-electron chi connectivity index (χ2n) is 5.28. The van der Waals surface area contributed by atoms with E-state index >= 15 is 0 Å². The fourth-order valence-corrected chi connectivity index (χ4v) is 2.97. The Morgan fingerprint density at radius 1 is 0.769 bits per heavy atom. The number of hydrogen-bond donors (Lipinski definition) is 0. The maximum Gasteiger partial charge on any atom is 0.150 e. The van der Waals surface area contributed by atoms with Crippen molar-refractivity contribution in [3.63, 3.8) is 0 Å². The van der Waals surface area contributed by atoms with Crippen molar-refractivity contribution in [2.24, 2.45) is 0 Å². The number of anilines is 1. The van der Waals surface area contributed by atoms with Crippen LogP contribution >= 0.6 is 34.8 Å². The Morgan fingerprint density at radius 2 is 1.23 bits per heavy atom. The molecule has 144 valence electrons. The van der Waals surface area contributed by atoms with Crippen LogP contribution in [0.5, 0.6) is 0 Å². The average Bonchev–Trinajstić information content (AvgIpc) is 2.64. The van der Waals surface area contributed by atoms with Crippen LogP contribution in [0.25, 0.3) is 0 Å². The van der Waals surface area contributed by atoms with E-state index in [1.165, 1.54) is 0 Å². The molecule has 0 bridgehead atoms. The summed E-state index contributed by atoms with van der Waals surface area (Å²) in [4.78, 5) is 6.10. The Morgan fingerprint density at radius 3 is 1.69 bits per heavy atom. The summed E-state index contributed by atoms with van der Waals surface area (Å²) < 4.78 is 21.9. The van der Waals surface area contributed by atoms with Gasteiger partial charge in [0.2, 0.25) is 0 Å². The molecule has 0 aromatic carbocycles. The van der Waals surface area contributed by atoms with Crippen LogP contribution in [0.4, 0.5) is 5.82 Å². The van der Waals surface area contributed by atoms with Crippen molar-refractivity contribution in [3.05, 3.63) is 20.8 Å². The van der Waals surface area contributed by atoms with Gasteiger partial charge in [-0.3, -0.25) is 0 Å². The van der Waals surface area contributed by atoms with Crippen molar-refractivity contribution in [2.45, 2.75) is 0 Å². The summed E-state index contributed by atoms with van der Waals surface area (Å²) in [5, 5.41) is 9.39. The van der Waals surface area contributed by atoms with Gasteiger partial charge in [0, 0.05) is 13.1 Å². The van der Waals surface area contributed by atoms with Crippen molar-refractivity contribution in [3.8, 4) is 6.07 Å². The molecule has 1 fully saturated rings. The first-order valence-electron chi connectivity index (χ1n) is 8.15. The van der Waals surface area contributed by atoms with E-state index in [0.29, 0.717) is 71.8 Å². The fourth-order valence-electron chi connectivity index (χ4n) is 2.24. The number of aromatic nitrogens is 1. The van der Waals surface area contributed by atoms with E-state index in [4.69, 9.17) is 59.0 Å². The van der Waals surface area contributed by atoms with Crippen molar-refractivity contribution >= 4 is 40.6 Å². The second-order valence-corrected chi connectivity index (χ2v) is 6.39. The first-order chi connectivity index (χ1) is 12.6. The lowest BCUT2D eigenvalue weighted by Gasteiger charge is -2.25. The summed E-state index contributed by atoms with van der Waals surface area (Å²) >= 11 is 18.5. The quantitative estimate of drug-likeness (QED) is 0.642. The van der Waals surface area contributed by atoms with E-state index in [-0.39, 0.29) is 20.8 Å². The minimum atomic E-state index is 0.0106. The lowest BCUT2D eigenvalue weighted by molar-refractivity contribution is 0.00206. The Bertz CT molecular complexity index is 612. The highest BCUT2D eigenvalue weighted by Crippen LogP contribution is 2.36. The molecule has 1 aliphatic rings. The maximum atomic E-state index is 9.11. The van der Waals surface area contributed by atoms with Gasteiger partial charge in [-0.05, 0) is 0 Å². The lowest BCUT2D eigenvalue weighted by atomic mass is 10.3. The third-order valence-electron chi connectivity index (χ3n) is 3.56. The number of rotatable bonds is 1. The zero-order chi connectivity index (χ0) is 18.8. The molecule has 2 rings (SSSR count). The average molecular weight is 425 g/mol. The van der Waals surface area contributed by atoms with Gasteiger partial charge in [0.05, 0.1) is 57.9 Å². The molecule has 0 aliphatic carbocycles. The highest BCUT2D eigenvalue weighted by Gasteiger charge is 2.20. The molecule has 1 saturated heterocycles. The van der Waals surface area contributed by atoms with Crippen LogP contribution in [0.1, 0.15) is 5.56 Å². The second kappa shape index (κ2) is 11.8. The van der Waals surface area contributed by atoms with Crippen LogP contribution in [-0.2, 0) is 18.9 Å². The third-order valence-corrected chi connectivity index (χ3v) is 4.66. The predicted octanol–water partition coefficient (Wildman–Crippen LogP) is 2.80. The summed E-state index contributed by atoms with van der Waals surface area (Å²) in [7, 11) is 0. The Labute approximate surface area is 167 Å². The molecule has 1 aromatic heterocycles. The van der Waals surface area contributed by atoms with Gasteiger partial charge in [-0.25, -0.2) is 4.98 Å². The summed E-state index contributed by atoms with van der Waals surface area (Å²) in [6.45, 7) is 4.87. The van der Waals surface area contributed by atoms with E-state index in [2.05, 4.69) is 4.98 Å². The van der Waals surface area contributed by atoms with Gasteiger partial charge in [-0.1, -0.05) is 34.8 Å². The van der Waals surface area contributed by atoms with Crippen LogP contribution in [0, 0.1) is 11.3 Å². The van der Waals surface area contributed by atoms with Crippen LogP contribution in [0.15, 0.2) is 0 Å². The number of pyridine rings is 1. The molecule has 0 saturated carbocycles. The van der Waals surface area contributed by atoms with Crippen molar-refractivity contribution < 1.29 is 18.9 Å². The molecule has 7 nitrogen and oxygen atoms in total. The number of halogens is 3. The van der Waals surface area contributed by atoms with Gasteiger partial charge in [-0.2, -0.15) is 5.26 Å². The number of nitrogens with zero attached hydrogens (tertiary/aromatic N) is 3. The lowest BCUT2D eigenvalue weighted by Crippen LogP contribution is -2.32. The Hall–Kier alpha value is -0.850. The zero-order valence-electron chi connectivity index (χ0n) is 14.2. The summed E-state index contributed by atoms with van der Waals surface area (Å²) in [5.74, 6) is 0.393. The molecule has 0 atom stereocenters. The minimum absolute atomic E-state index is 0.0106. The fraction of sp³-hybridized carbons (Fsp3) is 0.625. The Kier molecular flexibility index (Phi) is 9.72. The molecule has 0 unspecified atom stereocenters. The molecular weight excluding hydrogens is 405 g/mol. The van der Waals surface area contributed by atoms with E-state index in [1.54, 1.807) is 0 Å². The largest absolute Gasteiger partial charge is 0.377 e. The van der Waals surface area contributed by atoms with Gasteiger partial charge in [-0.15, -0.1) is 0 Å². The topological polar surface area (TPSA) is 76.8 Å². The molecule has 1 aliphatic heterocycles. The highest BCUT2D eigenvalue weighted by atomic mass is 35.5. The third kappa shape index (κ3) is 6.39. The van der Waals surface area contributed by atoms with Crippen molar-refractivity contribution in [2.75, 3.05) is 70.8 Å². The normalized spacial score (nSPS) is 18.6. The SMILES string of the molecule is N#Cc1c(Cl)nc(N2CCOCCOCCOCCOCC2)c(Cl)c1Cl. The summed E-state index contributed by atoms with van der Waals surface area (Å²) in [6, 6.07) is 1.90. The first-order valence-corrected chi connectivity index (χ1v) is 9.29. The van der Waals surface area contributed by atoms with Crippen LogP contribution in [0.3, 0.4) is 0 Å². The Balaban J connectivity index is 2.11. The van der Waals surface area contributed by atoms with E-state index in [0.717, 1.165) is 0 Å². The van der Waals surface area contributed by atoms with Gasteiger partial charge in [0.1, 0.15) is 16.7 Å². The number of nitriles is 1. The van der Waals surface area contributed by atoms with Crippen LogP contribution in [-0.4, -0.2) is 70.9 Å². The molecule has 10 heteroatoms. The van der Waals surface area contributed by atoms with Gasteiger partial charge in [0.15, 0.2) is 11.0 Å². The van der Waals surface area contributed by atoms with Gasteiger partial charge < -0.3 is 23.8 Å². The van der Waals surface area contributed by atoms with Crippen LogP contribution in [0.2, 0.25) is 15.2 Å². The summed E-state index contributed by atoms with van der Waals surface area (Å²) in [6.07, 6.45) is 0. The number of hydrogen-bond acceptors (Lipinski definition) is 7. The maximum absolute atomic E-state index is 9.11.